The highest BCUT2D eigenvalue weighted by Gasteiger charge is 2.22. The van der Waals surface area contributed by atoms with Gasteiger partial charge in [-0.1, -0.05) is 13.3 Å². The lowest BCUT2D eigenvalue weighted by Crippen LogP contribution is -2.28. The van der Waals surface area contributed by atoms with Gasteiger partial charge in [0.1, 0.15) is 11.6 Å². The van der Waals surface area contributed by atoms with E-state index in [-0.39, 0.29) is 11.9 Å². The van der Waals surface area contributed by atoms with Crippen molar-refractivity contribution in [2.75, 3.05) is 0 Å². The van der Waals surface area contributed by atoms with E-state index < -0.39 is 0 Å². The number of amides is 1. The summed E-state index contributed by atoms with van der Waals surface area (Å²) in [5.74, 6) is 2.80. The van der Waals surface area contributed by atoms with Crippen LogP contribution in [-0.2, 0) is 19.4 Å². The zero-order valence-corrected chi connectivity index (χ0v) is 13.1. The van der Waals surface area contributed by atoms with Gasteiger partial charge in [-0.2, -0.15) is 0 Å². The molecule has 0 fully saturated rings. The molecule has 2 aromatic rings. The molecule has 6 nitrogen and oxygen atoms in total. The van der Waals surface area contributed by atoms with Gasteiger partial charge in [-0.25, -0.2) is 0 Å². The minimum absolute atomic E-state index is 0.193. The summed E-state index contributed by atoms with van der Waals surface area (Å²) in [5, 5.41) is 11.5. The maximum atomic E-state index is 12.3. The molecule has 6 heteroatoms. The molecule has 0 saturated heterocycles. The summed E-state index contributed by atoms with van der Waals surface area (Å²) in [7, 11) is 0. The van der Waals surface area contributed by atoms with E-state index in [4.69, 9.17) is 4.42 Å². The predicted molar refractivity (Wildman–Crippen MR) is 81.5 cm³/mol. The van der Waals surface area contributed by atoms with Gasteiger partial charge in [-0.15, -0.1) is 10.2 Å². The second kappa shape index (κ2) is 6.34. The molecule has 1 aliphatic heterocycles. The Morgan fingerprint density at radius 3 is 3.00 bits per heavy atom. The van der Waals surface area contributed by atoms with Gasteiger partial charge in [0.05, 0.1) is 6.04 Å². The van der Waals surface area contributed by atoms with Crippen molar-refractivity contribution in [1.82, 2.24) is 20.1 Å². The Morgan fingerprint density at radius 1 is 1.36 bits per heavy atom. The van der Waals surface area contributed by atoms with Gasteiger partial charge in [0, 0.05) is 19.4 Å². The van der Waals surface area contributed by atoms with E-state index >= 15 is 0 Å². The first-order valence-corrected chi connectivity index (χ1v) is 8.00. The highest BCUT2D eigenvalue weighted by atomic mass is 16.3. The van der Waals surface area contributed by atoms with Crippen molar-refractivity contribution in [1.29, 1.82) is 0 Å². The molecule has 1 amide bonds. The molecular formula is C16H22N4O2. The van der Waals surface area contributed by atoms with E-state index in [1.165, 1.54) is 6.42 Å². The molecule has 22 heavy (non-hydrogen) atoms. The molecule has 1 atom stereocenters. The highest BCUT2D eigenvalue weighted by molar-refractivity contribution is 5.91. The molecule has 0 spiro atoms. The quantitative estimate of drug-likeness (QED) is 0.942. The fraction of sp³-hybridized carbons (Fsp3) is 0.562. The number of aromatic nitrogens is 3. The summed E-state index contributed by atoms with van der Waals surface area (Å²) < 4.78 is 7.64. The van der Waals surface area contributed by atoms with E-state index in [2.05, 4.69) is 20.1 Å². The van der Waals surface area contributed by atoms with E-state index in [1.807, 2.05) is 19.9 Å². The Balaban J connectivity index is 1.73. The van der Waals surface area contributed by atoms with Gasteiger partial charge in [-0.3, -0.25) is 4.79 Å². The van der Waals surface area contributed by atoms with Gasteiger partial charge < -0.3 is 14.3 Å². The molecule has 3 rings (SSSR count). The summed E-state index contributed by atoms with van der Waals surface area (Å²) in [6.45, 7) is 4.86. The second-order valence-electron chi connectivity index (χ2n) is 5.75. The van der Waals surface area contributed by atoms with Gasteiger partial charge in [-0.05, 0) is 31.9 Å². The summed E-state index contributed by atoms with van der Waals surface area (Å²) in [4.78, 5) is 12.3. The number of rotatable bonds is 4. The second-order valence-corrected chi connectivity index (χ2v) is 5.75. The average molecular weight is 302 g/mol. The molecule has 0 saturated carbocycles. The number of nitrogens with zero attached hydrogens (tertiary/aromatic N) is 3. The smallest absolute Gasteiger partial charge is 0.287 e. The SMILES string of the molecule is CCc1ccc(C(=O)NC(C)c2nnc3n2CCCCC3)o1. The molecule has 0 radical (unpaired) electrons. The van der Waals surface area contributed by atoms with Crippen LogP contribution in [0.4, 0.5) is 0 Å². The van der Waals surface area contributed by atoms with Crippen molar-refractivity contribution in [3.05, 3.63) is 35.3 Å². The zero-order valence-electron chi connectivity index (χ0n) is 13.1. The number of carbonyl (C=O) groups excluding carboxylic acids is 1. The molecular weight excluding hydrogens is 280 g/mol. The number of furan rings is 1. The maximum Gasteiger partial charge on any atom is 0.287 e. The molecule has 1 unspecified atom stereocenters. The molecule has 2 aromatic heterocycles. The fourth-order valence-corrected chi connectivity index (χ4v) is 2.85. The molecule has 3 heterocycles. The minimum Gasteiger partial charge on any atom is -0.456 e. The van der Waals surface area contributed by atoms with E-state index in [1.54, 1.807) is 6.07 Å². The van der Waals surface area contributed by atoms with Crippen LogP contribution in [0.5, 0.6) is 0 Å². The van der Waals surface area contributed by atoms with Crippen molar-refractivity contribution >= 4 is 5.91 Å². The number of aryl methyl sites for hydroxylation is 2. The minimum atomic E-state index is -0.210. The van der Waals surface area contributed by atoms with Gasteiger partial charge in [0.15, 0.2) is 11.6 Å². The number of hydrogen-bond donors (Lipinski definition) is 1. The summed E-state index contributed by atoms with van der Waals surface area (Å²) in [6.07, 6.45) is 5.25. The number of fused-ring (bicyclic) bond motifs is 1. The Bertz CT molecular complexity index is 659. The number of carbonyl (C=O) groups is 1. The van der Waals surface area contributed by atoms with Crippen LogP contribution in [0.1, 0.15) is 67.1 Å². The largest absolute Gasteiger partial charge is 0.456 e. The topological polar surface area (TPSA) is 73.0 Å². The van der Waals surface area contributed by atoms with Crippen LogP contribution in [0.25, 0.3) is 0 Å². The number of nitrogens with one attached hydrogen (secondary N) is 1. The molecule has 1 aliphatic rings. The van der Waals surface area contributed by atoms with Crippen LogP contribution in [0.3, 0.4) is 0 Å². The van der Waals surface area contributed by atoms with Crippen LogP contribution >= 0.6 is 0 Å². The normalized spacial score (nSPS) is 15.9. The third-order valence-electron chi connectivity index (χ3n) is 4.11. The fourth-order valence-electron chi connectivity index (χ4n) is 2.85. The Hall–Kier alpha value is -2.11. The highest BCUT2D eigenvalue weighted by Crippen LogP contribution is 2.19. The summed E-state index contributed by atoms with van der Waals surface area (Å²) in [5.41, 5.74) is 0. The van der Waals surface area contributed by atoms with Crippen molar-refractivity contribution in [3.63, 3.8) is 0 Å². The number of hydrogen-bond acceptors (Lipinski definition) is 4. The van der Waals surface area contributed by atoms with Gasteiger partial charge in [0.25, 0.3) is 5.91 Å². The zero-order chi connectivity index (χ0) is 15.5. The van der Waals surface area contributed by atoms with Gasteiger partial charge in [0.2, 0.25) is 0 Å². The molecule has 0 aliphatic carbocycles. The predicted octanol–water partition coefficient (Wildman–Crippen LogP) is 2.65. The summed E-state index contributed by atoms with van der Waals surface area (Å²) in [6, 6.07) is 3.36. The lowest BCUT2D eigenvalue weighted by molar-refractivity contribution is 0.0907. The van der Waals surface area contributed by atoms with E-state index in [0.717, 1.165) is 49.6 Å². The molecule has 1 N–H and O–H groups in total. The van der Waals surface area contributed by atoms with Crippen LogP contribution < -0.4 is 5.32 Å². The van der Waals surface area contributed by atoms with Crippen molar-refractivity contribution in [2.45, 2.75) is 58.5 Å². The standard InChI is InChI=1S/C16H22N4O2/c1-3-12-8-9-13(22-12)16(21)17-11(2)15-19-18-14-7-5-4-6-10-20(14)15/h8-9,11H,3-7,10H2,1-2H3,(H,17,21). The third-order valence-corrected chi connectivity index (χ3v) is 4.11. The lowest BCUT2D eigenvalue weighted by Gasteiger charge is -2.14. The molecule has 118 valence electrons. The van der Waals surface area contributed by atoms with Crippen molar-refractivity contribution in [3.8, 4) is 0 Å². The Morgan fingerprint density at radius 2 is 2.23 bits per heavy atom. The van der Waals surface area contributed by atoms with Crippen LogP contribution in [0, 0.1) is 0 Å². The summed E-state index contributed by atoms with van der Waals surface area (Å²) >= 11 is 0. The molecule has 0 bridgehead atoms. The van der Waals surface area contributed by atoms with E-state index in [0.29, 0.717) is 5.76 Å². The monoisotopic (exact) mass is 302 g/mol. The van der Waals surface area contributed by atoms with Crippen molar-refractivity contribution in [2.24, 2.45) is 0 Å². The molecule has 0 aromatic carbocycles. The van der Waals surface area contributed by atoms with Crippen LogP contribution in [-0.4, -0.2) is 20.7 Å². The lowest BCUT2D eigenvalue weighted by atomic mass is 10.2. The van der Waals surface area contributed by atoms with E-state index in [9.17, 15) is 4.79 Å². The van der Waals surface area contributed by atoms with Gasteiger partial charge >= 0.3 is 0 Å². The first kappa shape index (κ1) is 14.8. The Kier molecular flexibility index (Phi) is 4.27. The Labute approximate surface area is 129 Å². The van der Waals surface area contributed by atoms with Crippen LogP contribution in [0.15, 0.2) is 16.5 Å². The van der Waals surface area contributed by atoms with Crippen LogP contribution in [0.2, 0.25) is 0 Å². The first-order valence-electron chi connectivity index (χ1n) is 8.00. The average Bonchev–Trinajstić information content (AvgIpc) is 3.09. The first-order chi connectivity index (χ1) is 10.7. The van der Waals surface area contributed by atoms with Crippen molar-refractivity contribution < 1.29 is 9.21 Å². The third kappa shape index (κ3) is 2.91. The maximum absolute atomic E-state index is 12.3.